The second-order valence-electron chi connectivity index (χ2n) is 17.2. The summed E-state index contributed by atoms with van der Waals surface area (Å²) in [4.78, 5) is 37.0. The second-order valence-corrected chi connectivity index (χ2v) is 17.2. The third-order valence-corrected chi connectivity index (χ3v) is 11.1. The van der Waals surface area contributed by atoms with Crippen LogP contribution in [-0.2, 0) is 33.3 Å². The monoisotopic (exact) mass is 951 g/mol. The van der Waals surface area contributed by atoms with Crippen molar-refractivity contribution in [2.24, 2.45) is 0 Å². The molecule has 1 saturated heterocycles. The van der Waals surface area contributed by atoms with Crippen molar-refractivity contribution in [2.45, 2.75) is 218 Å². The number of carboxylic acid groups (broad SMARTS) is 1. The first-order valence-corrected chi connectivity index (χ1v) is 25.9. The van der Waals surface area contributed by atoms with Crippen molar-refractivity contribution in [3.63, 3.8) is 0 Å². The molecule has 0 saturated carbocycles. The highest BCUT2D eigenvalue weighted by atomic mass is 16.7. The molecule has 0 bridgehead atoms. The van der Waals surface area contributed by atoms with E-state index in [1.54, 1.807) is 0 Å². The van der Waals surface area contributed by atoms with E-state index in [2.05, 4.69) is 123 Å². The van der Waals surface area contributed by atoms with Crippen LogP contribution in [-0.4, -0.2) is 88.4 Å². The fourth-order valence-electron chi connectivity index (χ4n) is 7.13. The first kappa shape index (κ1) is 61.9. The number of allylic oxidation sites excluding steroid dienone is 18. The van der Waals surface area contributed by atoms with Gasteiger partial charge in [-0.3, -0.25) is 9.59 Å². The van der Waals surface area contributed by atoms with Gasteiger partial charge in [-0.15, -0.1) is 0 Å². The zero-order valence-electron chi connectivity index (χ0n) is 41.8. The summed E-state index contributed by atoms with van der Waals surface area (Å²) in [7, 11) is 0. The average molecular weight is 951 g/mol. The van der Waals surface area contributed by atoms with Crippen molar-refractivity contribution < 1.29 is 53.8 Å². The Morgan fingerprint density at radius 3 is 1.25 bits per heavy atom. The number of unbranched alkanes of at least 4 members (excludes halogenated alkanes) is 13. The number of aliphatic carboxylic acids is 1. The molecule has 1 aliphatic rings. The second kappa shape index (κ2) is 45.3. The third-order valence-electron chi connectivity index (χ3n) is 11.1. The minimum atomic E-state index is -1.87. The molecule has 6 atom stereocenters. The van der Waals surface area contributed by atoms with Gasteiger partial charge in [-0.25, -0.2) is 4.79 Å². The third kappa shape index (κ3) is 35.9. The molecule has 11 nitrogen and oxygen atoms in total. The van der Waals surface area contributed by atoms with E-state index in [1.807, 2.05) is 0 Å². The van der Waals surface area contributed by atoms with Crippen LogP contribution in [0, 0.1) is 0 Å². The Kier molecular flexibility index (Phi) is 41.2. The topological polar surface area (TPSA) is 169 Å². The summed E-state index contributed by atoms with van der Waals surface area (Å²) in [6.45, 7) is 3.56. The quantitative estimate of drug-likeness (QED) is 0.0261. The summed E-state index contributed by atoms with van der Waals surface area (Å²) < 4.78 is 21.8. The number of ether oxygens (including phenoxy) is 4. The van der Waals surface area contributed by atoms with Crippen molar-refractivity contribution >= 4 is 17.9 Å². The van der Waals surface area contributed by atoms with Gasteiger partial charge in [0.2, 0.25) is 0 Å². The van der Waals surface area contributed by atoms with Gasteiger partial charge in [-0.05, 0) is 96.3 Å². The molecule has 384 valence electrons. The Labute approximate surface area is 410 Å². The molecule has 4 N–H and O–H groups in total. The lowest BCUT2D eigenvalue weighted by Crippen LogP contribution is -2.60. The molecule has 0 aromatic carbocycles. The Morgan fingerprint density at radius 2 is 0.824 bits per heavy atom. The van der Waals surface area contributed by atoms with Gasteiger partial charge in [-0.1, -0.05) is 181 Å². The molecule has 1 aliphatic heterocycles. The lowest BCUT2D eigenvalue weighted by molar-refractivity contribution is -0.298. The maximum Gasteiger partial charge on any atom is 0.335 e. The number of carboxylic acids is 1. The normalized spacial score (nSPS) is 19.8. The summed E-state index contributed by atoms with van der Waals surface area (Å²) in [6.07, 6.45) is 54.2. The van der Waals surface area contributed by atoms with E-state index in [-0.39, 0.29) is 19.4 Å². The summed E-state index contributed by atoms with van der Waals surface area (Å²) in [6, 6.07) is 0. The van der Waals surface area contributed by atoms with Gasteiger partial charge in [0, 0.05) is 12.8 Å². The SMILES string of the molecule is CC/C=C\C/C=C\C/C=C\C/C=C\C/C=C\CCCCCC(=O)OCC(COC1OC(C(=O)O)C(O)C(O)C1O)OC(=O)CCCCCCCCCCCC/C=C\C/C=C\C/C=C\C/C=C\CC. The van der Waals surface area contributed by atoms with Crippen LogP contribution < -0.4 is 0 Å². The van der Waals surface area contributed by atoms with Crippen LogP contribution in [0.4, 0.5) is 0 Å². The average Bonchev–Trinajstić information content (AvgIpc) is 3.32. The van der Waals surface area contributed by atoms with E-state index in [9.17, 15) is 34.8 Å². The van der Waals surface area contributed by atoms with Crippen LogP contribution in [0.3, 0.4) is 0 Å². The van der Waals surface area contributed by atoms with Gasteiger partial charge < -0.3 is 39.4 Å². The lowest BCUT2D eigenvalue weighted by Gasteiger charge is -2.38. The van der Waals surface area contributed by atoms with E-state index >= 15 is 0 Å². The number of hydrogen-bond donors (Lipinski definition) is 4. The molecule has 0 aliphatic carbocycles. The fraction of sp³-hybridized carbons (Fsp3) is 0.632. The molecule has 6 unspecified atom stereocenters. The summed E-state index contributed by atoms with van der Waals surface area (Å²) in [5.41, 5.74) is 0. The Bertz CT molecular complexity index is 1540. The number of hydrogen-bond acceptors (Lipinski definition) is 10. The molecular weight excluding hydrogens is 861 g/mol. The van der Waals surface area contributed by atoms with E-state index < -0.39 is 61.3 Å². The van der Waals surface area contributed by atoms with Gasteiger partial charge in [-0.2, -0.15) is 0 Å². The predicted octanol–water partition coefficient (Wildman–Crippen LogP) is 12.5. The van der Waals surface area contributed by atoms with E-state index in [0.717, 1.165) is 103 Å². The van der Waals surface area contributed by atoms with Crippen LogP contribution in [0.5, 0.6) is 0 Å². The highest BCUT2D eigenvalue weighted by Crippen LogP contribution is 2.23. The molecular formula is C57H90O11. The van der Waals surface area contributed by atoms with Crippen molar-refractivity contribution in [3.05, 3.63) is 109 Å². The largest absolute Gasteiger partial charge is 0.479 e. The van der Waals surface area contributed by atoms with Crippen molar-refractivity contribution in [2.75, 3.05) is 13.2 Å². The zero-order chi connectivity index (χ0) is 49.6. The summed E-state index contributed by atoms with van der Waals surface area (Å²) >= 11 is 0. The molecule has 0 aromatic rings. The smallest absolute Gasteiger partial charge is 0.335 e. The molecule has 11 heteroatoms. The molecule has 68 heavy (non-hydrogen) atoms. The summed E-state index contributed by atoms with van der Waals surface area (Å²) in [5, 5.41) is 40.0. The molecule has 1 rings (SSSR count). The maximum atomic E-state index is 12.9. The highest BCUT2D eigenvalue weighted by molar-refractivity contribution is 5.73. The Morgan fingerprint density at radius 1 is 0.456 bits per heavy atom. The highest BCUT2D eigenvalue weighted by Gasteiger charge is 2.47. The van der Waals surface area contributed by atoms with Crippen LogP contribution in [0.1, 0.15) is 181 Å². The van der Waals surface area contributed by atoms with Gasteiger partial charge in [0.1, 0.15) is 24.9 Å². The predicted molar refractivity (Wildman–Crippen MR) is 275 cm³/mol. The minimum Gasteiger partial charge on any atom is -0.479 e. The maximum absolute atomic E-state index is 12.9. The fourth-order valence-corrected chi connectivity index (χ4v) is 7.13. The lowest BCUT2D eigenvalue weighted by atomic mass is 9.99. The first-order valence-electron chi connectivity index (χ1n) is 25.9. The van der Waals surface area contributed by atoms with Gasteiger partial charge in [0.25, 0.3) is 0 Å². The summed E-state index contributed by atoms with van der Waals surface area (Å²) in [5.74, 6) is -2.50. The number of aliphatic hydroxyl groups is 3. The van der Waals surface area contributed by atoms with Crippen LogP contribution >= 0.6 is 0 Å². The zero-order valence-corrected chi connectivity index (χ0v) is 41.8. The van der Waals surface area contributed by atoms with Gasteiger partial charge in [0.05, 0.1) is 6.61 Å². The molecule has 0 spiro atoms. The number of aliphatic hydroxyl groups excluding tert-OH is 3. The number of rotatable bonds is 42. The van der Waals surface area contributed by atoms with E-state index in [0.29, 0.717) is 12.8 Å². The van der Waals surface area contributed by atoms with Crippen molar-refractivity contribution in [1.29, 1.82) is 0 Å². The molecule has 1 heterocycles. The minimum absolute atomic E-state index is 0.163. The van der Waals surface area contributed by atoms with E-state index in [4.69, 9.17) is 18.9 Å². The van der Waals surface area contributed by atoms with E-state index in [1.165, 1.54) is 38.5 Å². The standard InChI is InChI=1S/C57H90O11/c1-3-5-7-9-11-13-15-17-19-21-23-24-25-26-28-30-32-34-36-38-40-42-44-46-51(59)67-49(48-66-57-54(62)52(60)53(61)55(68-57)56(63)64)47-65-50(58)45-43-41-39-37-35-33-31-29-27-22-20-18-16-14-12-10-8-6-4-2/h5-8,11-14,17-20,23-24,27,29,33,35,49,52-55,57,60-62H,3-4,9-10,15-16,21-22,25-26,28,30-32,34,36-48H2,1-2H3,(H,63,64)/b7-5-,8-6-,13-11-,14-12-,19-17-,20-18-,24-23-,29-27-,35-33-. The first-order chi connectivity index (χ1) is 33.2. The van der Waals surface area contributed by atoms with Crippen LogP contribution in [0.15, 0.2) is 109 Å². The Hall–Kier alpha value is -4.13. The van der Waals surface area contributed by atoms with Crippen molar-refractivity contribution in [3.8, 4) is 0 Å². The molecule has 0 amide bonds. The van der Waals surface area contributed by atoms with Crippen LogP contribution in [0.2, 0.25) is 0 Å². The molecule has 1 fully saturated rings. The number of carbonyl (C=O) groups is 3. The van der Waals surface area contributed by atoms with Crippen LogP contribution in [0.25, 0.3) is 0 Å². The van der Waals surface area contributed by atoms with Crippen molar-refractivity contribution in [1.82, 2.24) is 0 Å². The number of esters is 2. The van der Waals surface area contributed by atoms with Gasteiger partial charge >= 0.3 is 17.9 Å². The molecule has 0 radical (unpaired) electrons. The van der Waals surface area contributed by atoms with Gasteiger partial charge in [0.15, 0.2) is 18.5 Å². The molecule has 0 aromatic heterocycles. The Balaban J connectivity index is 2.33. The number of carbonyl (C=O) groups excluding carboxylic acids is 2.